The molecule has 0 bridgehead atoms. The number of carbonyl (C=O) groups excluding carboxylic acids is 1. The van der Waals surface area contributed by atoms with Crippen LogP contribution in [0.2, 0.25) is 0 Å². The summed E-state index contributed by atoms with van der Waals surface area (Å²) in [5.41, 5.74) is 3.63. The molecule has 31 heavy (non-hydrogen) atoms. The van der Waals surface area contributed by atoms with Crippen LogP contribution in [-0.4, -0.2) is 38.7 Å². The normalized spacial score (nSPS) is 14.5. The highest BCUT2D eigenvalue weighted by Gasteiger charge is 2.22. The van der Waals surface area contributed by atoms with E-state index < -0.39 is 0 Å². The third-order valence-corrected chi connectivity index (χ3v) is 5.87. The average Bonchev–Trinajstić information content (AvgIpc) is 3.23. The zero-order chi connectivity index (χ0) is 21.5. The summed E-state index contributed by atoms with van der Waals surface area (Å²) in [6.07, 6.45) is 11.0. The molecule has 0 unspecified atom stereocenters. The topological polar surface area (TPSA) is 60.2 Å². The van der Waals surface area contributed by atoms with Crippen molar-refractivity contribution in [1.29, 1.82) is 0 Å². The largest absolute Gasteiger partial charge is 0.487 e. The number of ether oxygens (including phenoxy) is 1. The van der Waals surface area contributed by atoms with Crippen molar-refractivity contribution >= 4 is 5.91 Å². The van der Waals surface area contributed by atoms with Crippen molar-refractivity contribution in [2.45, 2.75) is 45.8 Å². The number of amides is 1. The first-order valence-electron chi connectivity index (χ1n) is 11.0. The summed E-state index contributed by atoms with van der Waals surface area (Å²) in [4.78, 5) is 18.6. The number of rotatable bonds is 8. The molecule has 1 aliphatic rings. The lowest BCUT2D eigenvalue weighted by molar-refractivity contribution is -0.132. The maximum Gasteiger partial charge on any atom is 0.224 e. The van der Waals surface area contributed by atoms with Crippen LogP contribution >= 0.6 is 0 Å². The van der Waals surface area contributed by atoms with Crippen LogP contribution in [0, 0.1) is 12.8 Å². The van der Waals surface area contributed by atoms with Gasteiger partial charge in [0.25, 0.3) is 0 Å². The number of hydrogen-bond acceptors (Lipinski definition) is 4. The van der Waals surface area contributed by atoms with E-state index >= 15 is 0 Å². The summed E-state index contributed by atoms with van der Waals surface area (Å²) < 4.78 is 7.61. The minimum Gasteiger partial charge on any atom is -0.487 e. The average molecular weight is 419 g/mol. The summed E-state index contributed by atoms with van der Waals surface area (Å²) in [5.74, 6) is 1.66. The van der Waals surface area contributed by atoms with Crippen molar-refractivity contribution in [2.75, 3.05) is 13.1 Å². The van der Waals surface area contributed by atoms with Crippen molar-refractivity contribution in [3.8, 4) is 5.75 Å². The highest BCUT2D eigenvalue weighted by atomic mass is 16.5. The molecule has 6 heteroatoms. The van der Waals surface area contributed by atoms with E-state index in [9.17, 15) is 4.79 Å². The lowest BCUT2D eigenvalue weighted by Crippen LogP contribution is -2.39. The fourth-order valence-electron chi connectivity index (χ4n) is 4.05. The maximum absolute atomic E-state index is 12.5. The van der Waals surface area contributed by atoms with E-state index in [0.717, 1.165) is 49.2 Å². The monoisotopic (exact) mass is 418 g/mol. The van der Waals surface area contributed by atoms with E-state index in [0.29, 0.717) is 25.5 Å². The fraction of sp³-hybridized carbons (Fsp3) is 0.400. The first kappa shape index (κ1) is 21.1. The van der Waals surface area contributed by atoms with E-state index in [2.05, 4.69) is 34.3 Å². The van der Waals surface area contributed by atoms with E-state index in [1.54, 1.807) is 12.4 Å². The predicted octanol–water partition coefficient (Wildman–Crippen LogP) is 4.04. The number of nitrogens with zero attached hydrogens (tertiary/aromatic N) is 4. The zero-order valence-electron chi connectivity index (χ0n) is 18.1. The van der Waals surface area contributed by atoms with Crippen LogP contribution in [0.15, 0.2) is 61.2 Å². The number of benzene rings is 1. The molecule has 0 N–H and O–H groups in total. The Balaban J connectivity index is 1.18. The van der Waals surface area contributed by atoms with Gasteiger partial charge in [0.1, 0.15) is 12.4 Å². The third-order valence-electron chi connectivity index (χ3n) is 5.87. The summed E-state index contributed by atoms with van der Waals surface area (Å²) in [7, 11) is 0. The van der Waals surface area contributed by atoms with Crippen LogP contribution in [0.25, 0.3) is 0 Å². The lowest BCUT2D eigenvalue weighted by Gasteiger charge is -2.32. The Hall–Kier alpha value is -3.15. The third kappa shape index (κ3) is 6.17. The number of aromatic nitrogens is 3. The van der Waals surface area contributed by atoms with Crippen LogP contribution in [0.3, 0.4) is 0 Å². The fourth-order valence-corrected chi connectivity index (χ4v) is 4.05. The Bertz CT molecular complexity index is 961. The van der Waals surface area contributed by atoms with Gasteiger partial charge in [0.15, 0.2) is 0 Å². The molecule has 4 rings (SSSR count). The molecule has 3 aromatic rings. The van der Waals surface area contributed by atoms with Crippen molar-refractivity contribution in [3.05, 3.63) is 77.9 Å². The number of carbonyl (C=O) groups is 1. The van der Waals surface area contributed by atoms with Crippen LogP contribution in [-0.2, 0) is 24.4 Å². The Morgan fingerprint density at radius 1 is 1.10 bits per heavy atom. The summed E-state index contributed by atoms with van der Waals surface area (Å²) in [6, 6.07) is 12.5. The smallest absolute Gasteiger partial charge is 0.224 e. The van der Waals surface area contributed by atoms with Crippen LogP contribution in [0.5, 0.6) is 5.75 Å². The number of piperidine rings is 1. The molecule has 0 saturated carbocycles. The van der Waals surface area contributed by atoms with Gasteiger partial charge in [-0.2, -0.15) is 5.10 Å². The first-order chi connectivity index (χ1) is 15.2. The Morgan fingerprint density at radius 3 is 2.55 bits per heavy atom. The Kier molecular flexibility index (Phi) is 6.97. The molecule has 0 atom stereocenters. The molecule has 0 aliphatic carbocycles. The second kappa shape index (κ2) is 10.2. The molecule has 6 nitrogen and oxygen atoms in total. The molecule has 0 spiro atoms. The molecule has 1 fully saturated rings. The molecular formula is C25H30N4O2. The van der Waals surface area contributed by atoms with Crippen molar-refractivity contribution in [2.24, 2.45) is 5.92 Å². The Morgan fingerprint density at radius 2 is 1.87 bits per heavy atom. The zero-order valence-corrected chi connectivity index (χ0v) is 18.1. The highest BCUT2D eigenvalue weighted by Crippen LogP contribution is 2.23. The van der Waals surface area contributed by atoms with Gasteiger partial charge < -0.3 is 9.64 Å². The van der Waals surface area contributed by atoms with E-state index in [4.69, 9.17) is 4.74 Å². The van der Waals surface area contributed by atoms with Crippen LogP contribution in [0.4, 0.5) is 0 Å². The van der Waals surface area contributed by atoms with Crippen molar-refractivity contribution in [3.63, 3.8) is 0 Å². The number of aryl methyl sites for hydroxylation is 2. The molecule has 1 aromatic carbocycles. The Labute approximate surface area is 183 Å². The summed E-state index contributed by atoms with van der Waals surface area (Å²) >= 11 is 0. The molecule has 1 aliphatic heterocycles. The van der Waals surface area contributed by atoms with E-state index in [-0.39, 0.29) is 5.91 Å². The summed E-state index contributed by atoms with van der Waals surface area (Å²) in [6.45, 7) is 4.94. The lowest BCUT2D eigenvalue weighted by atomic mass is 9.90. The first-order valence-corrected chi connectivity index (χ1v) is 11.0. The van der Waals surface area contributed by atoms with Crippen molar-refractivity contribution < 1.29 is 9.53 Å². The van der Waals surface area contributed by atoms with Gasteiger partial charge in [0.2, 0.25) is 5.91 Å². The summed E-state index contributed by atoms with van der Waals surface area (Å²) in [5, 5.41) is 4.26. The molecule has 0 radical (unpaired) electrons. The SMILES string of the molecule is Cc1cnn(CCC(=O)N2CCC(Cc3ccc(COc4cccnc4)cc3)CC2)c1. The van der Waals surface area contributed by atoms with Gasteiger partial charge in [0, 0.05) is 38.4 Å². The molecule has 2 aromatic heterocycles. The molecule has 1 saturated heterocycles. The van der Waals surface area contributed by atoms with Gasteiger partial charge >= 0.3 is 0 Å². The minimum atomic E-state index is 0.240. The molecule has 162 valence electrons. The van der Waals surface area contributed by atoms with Gasteiger partial charge in [-0.05, 0) is 60.9 Å². The second-order valence-corrected chi connectivity index (χ2v) is 8.35. The number of pyridine rings is 1. The predicted molar refractivity (Wildman–Crippen MR) is 120 cm³/mol. The number of likely N-dealkylation sites (tertiary alicyclic amines) is 1. The van der Waals surface area contributed by atoms with E-state index in [1.807, 2.05) is 41.0 Å². The van der Waals surface area contributed by atoms with E-state index in [1.165, 1.54) is 5.56 Å². The second-order valence-electron chi connectivity index (χ2n) is 8.35. The minimum absolute atomic E-state index is 0.240. The van der Waals surface area contributed by atoms with Crippen LogP contribution in [0.1, 0.15) is 36.0 Å². The standard InChI is InChI=1S/C25H30N4O2/c1-20-16-27-29(18-20)14-10-25(30)28-12-8-22(9-13-28)15-21-4-6-23(7-5-21)19-31-24-3-2-11-26-17-24/h2-7,11,16-18,22H,8-10,12-15,19H2,1H3. The van der Waals surface area contributed by atoms with Gasteiger partial charge in [0.05, 0.1) is 12.4 Å². The highest BCUT2D eigenvalue weighted by molar-refractivity contribution is 5.76. The quantitative estimate of drug-likeness (QED) is 0.554. The molecule has 1 amide bonds. The maximum atomic E-state index is 12.5. The van der Waals surface area contributed by atoms with Crippen LogP contribution < -0.4 is 4.74 Å². The molecule has 3 heterocycles. The number of hydrogen-bond donors (Lipinski definition) is 0. The van der Waals surface area contributed by atoms with Gasteiger partial charge in [-0.25, -0.2) is 0 Å². The van der Waals surface area contributed by atoms with Gasteiger partial charge in [-0.3, -0.25) is 14.5 Å². The van der Waals surface area contributed by atoms with Gasteiger partial charge in [-0.1, -0.05) is 24.3 Å². The van der Waals surface area contributed by atoms with Crippen molar-refractivity contribution in [1.82, 2.24) is 19.7 Å². The van der Waals surface area contributed by atoms with Gasteiger partial charge in [-0.15, -0.1) is 0 Å². The molecular weight excluding hydrogens is 388 g/mol.